The highest BCUT2D eigenvalue weighted by molar-refractivity contribution is 6.20. The van der Waals surface area contributed by atoms with E-state index in [1.807, 2.05) is 20.8 Å². The quantitative estimate of drug-likeness (QED) is 0.189. The third-order valence-corrected chi connectivity index (χ3v) is 5.97. The van der Waals surface area contributed by atoms with Gasteiger partial charge in [0, 0.05) is 28.8 Å². The third-order valence-electron chi connectivity index (χ3n) is 5.97. The van der Waals surface area contributed by atoms with Crippen molar-refractivity contribution >= 4 is 35.6 Å². The van der Waals surface area contributed by atoms with Crippen LogP contribution in [0.4, 0.5) is 0 Å². The summed E-state index contributed by atoms with van der Waals surface area (Å²) < 4.78 is 0. The zero-order chi connectivity index (χ0) is 33.5. The summed E-state index contributed by atoms with van der Waals surface area (Å²) in [6.45, 7) is 20.6. The lowest BCUT2D eigenvalue weighted by Crippen LogP contribution is -2.37. The fourth-order valence-electron chi connectivity index (χ4n) is 3.99. The molecule has 0 aliphatic carbocycles. The second-order valence-corrected chi connectivity index (χ2v) is 13.0. The van der Waals surface area contributed by atoms with Gasteiger partial charge in [-0.1, -0.05) is 20.8 Å². The fourth-order valence-corrected chi connectivity index (χ4v) is 3.99. The van der Waals surface area contributed by atoms with Crippen LogP contribution < -0.4 is 0 Å². The molecule has 2 aliphatic heterocycles. The van der Waals surface area contributed by atoms with Crippen LogP contribution in [0.3, 0.4) is 0 Å². The molecule has 43 heavy (non-hydrogen) atoms. The number of nitrogens with zero attached hydrogens (tertiary/aromatic N) is 2. The van der Waals surface area contributed by atoms with Gasteiger partial charge in [0.25, 0.3) is 23.6 Å². The Morgan fingerprint density at radius 1 is 0.605 bits per heavy atom. The van der Waals surface area contributed by atoms with E-state index in [2.05, 4.69) is 19.9 Å². The molecule has 0 saturated heterocycles. The summed E-state index contributed by atoms with van der Waals surface area (Å²) in [5, 5.41) is 8.85. The molecular weight excluding hydrogens is 568 g/mol. The zero-order valence-electron chi connectivity index (χ0n) is 27.1. The minimum absolute atomic E-state index is 0.00593. The molecule has 0 aromatic rings. The molecule has 0 bridgehead atoms. The lowest BCUT2D eigenvalue weighted by Gasteiger charge is -2.29. The number of rotatable bonds is 11. The summed E-state index contributed by atoms with van der Waals surface area (Å²) in [5.74, 6) is -3.38. The van der Waals surface area contributed by atoms with Crippen molar-refractivity contribution in [3.05, 3.63) is 22.3 Å². The number of hydrogen-bond donors (Lipinski definition) is 0. The van der Waals surface area contributed by atoms with Crippen LogP contribution >= 0.6 is 0 Å². The Morgan fingerprint density at radius 2 is 1.00 bits per heavy atom. The first-order valence-corrected chi connectivity index (χ1v) is 13.6. The molecule has 0 spiro atoms. The van der Waals surface area contributed by atoms with Gasteiger partial charge >= 0.3 is 11.9 Å². The third kappa shape index (κ3) is 12.0. The zero-order valence-corrected chi connectivity index (χ0v) is 27.1. The highest BCUT2D eigenvalue weighted by atomic mass is 17.5. The van der Waals surface area contributed by atoms with Gasteiger partial charge in [-0.2, -0.15) is 9.78 Å². The Hall–Kier alpha value is -3.46. The molecule has 0 aromatic heterocycles. The highest BCUT2D eigenvalue weighted by Gasteiger charge is 2.36. The molecule has 0 fully saturated rings. The average molecular weight is 613 g/mol. The lowest BCUT2D eigenvalue weighted by atomic mass is 9.84. The Bertz CT molecular complexity index is 1140. The summed E-state index contributed by atoms with van der Waals surface area (Å²) in [6.07, 6.45) is 0.508. The van der Waals surface area contributed by atoms with Crippen molar-refractivity contribution in [1.82, 2.24) is 9.80 Å². The Morgan fingerprint density at radius 3 is 1.42 bits per heavy atom. The molecule has 0 aromatic carbocycles. The van der Waals surface area contributed by atoms with E-state index >= 15 is 0 Å². The van der Waals surface area contributed by atoms with Crippen molar-refractivity contribution in [3.63, 3.8) is 0 Å². The van der Waals surface area contributed by atoms with Crippen LogP contribution in [-0.4, -0.2) is 69.7 Å². The Balaban J connectivity index is 0.000000434. The maximum Gasteiger partial charge on any atom is 0.365 e. The predicted molar refractivity (Wildman–Crippen MR) is 149 cm³/mol. The van der Waals surface area contributed by atoms with Gasteiger partial charge in [0.2, 0.25) is 0 Å². The monoisotopic (exact) mass is 612 g/mol. The molecule has 14 nitrogen and oxygen atoms in total. The summed E-state index contributed by atoms with van der Waals surface area (Å²) >= 11 is 0. The van der Waals surface area contributed by atoms with Gasteiger partial charge in [0.1, 0.15) is 12.1 Å². The first-order chi connectivity index (χ1) is 19.5. The van der Waals surface area contributed by atoms with Gasteiger partial charge < -0.3 is 0 Å². The number of carbonyl (C=O) groups excluding carboxylic acids is 6. The summed E-state index contributed by atoms with van der Waals surface area (Å²) in [5.41, 5.74) is 0.182. The van der Waals surface area contributed by atoms with Crippen molar-refractivity contribution in [1.29, 1.82) is 0 Å². The van der Waals surface area contributed by atoms with E-state index < -0.39 is 41.5 Å². The summed E-state index contributed by atoms with van der Waals surface area (Å²) in [4.78, 5) is 90.7. The van der Waals surface area contributed by atoms with Gasteiger partial charge in [-0.05, 0) is 84.2 Å². The topological polar surface area (TPSA) is 164 Å². The van der Waals surface area contributed by atoms with Crippen LogP contribution in [0.5, 0.6) is 0 Å². The van der Waals surface area contributed by atoms with Gasteiger partial charge in [-0.25, -0.2) is 9.59 Å². The van der Waals surface area contributed by atoms with E-state index in [-0.39, 0.29) is 30.2 Å². The van der Waals surface area contributed by atoms with Crippen LogP contribution in [0.25, 0.3) is 0 Å². The van der Waals surface area contributed by atoms with Crippen molar-refractivity contribution in [2.75, 3.05) is 13.1 Å². The number of imide groups is 2. The maximum atomic E-state index is 11.8. The molecular formula is C29H44N2O12. The molecule has 0 radical (unpaired) electrons. The van der Waals surface area contributed by atoms with Gasteiger partial charge in [-0.3, -0.25) is 38.8 Å². The van der Waals surface area contributed by atoms with E-state index in [0.29, 0.717) is 28.7 Å². The van der Waals surface area contributed by atoms with Crippen molar-refractivity contribution in [2.24, 2.45) is 5.41 Å². The van der Waals surface area contributed by atoms with Crippen molar-refractivity contribution < 1.29 is 58.4 Å². The second kappa shape index (κ2) is 14.8. The van der Waals surface area contributed by atoms with E-state index in [9.17, 15) is 28.8 Å². The van der Waals surface area contributed by atoms with E-state index in [1.165, 1.54) is 13.8 Å². The van der Waals surface area contributed by atoms with Crippen molar-refractivity contribution in [2.45, 2.75) is 107 Å². The van der Waals surface area contributed by atoms with E-state index in [0.717, 1.165) is 9.80 Å². The molecule has 0 saturated carbocycles. The maximum absolute atomic E-state index is 11.8. The van der Waals surface area contributed by atoms with Crippen LogP contribution in [0.15, 0.2) is 22.3 Å². The predicted octanol–water partition coefficient (Wildman–Crippen LogP) is 3.60. The minimum Gasteiger partial charge on any atom is -0.274 e. The molecule has 0 atom stereocenters. The van der Waals surface area contributed by atoms with Gasteiger partial charge in [0.05, 0.1) is 12.0 Å². The van der Waals surface area contributed by atoms with Gasteiger partial charge in [-0.15, -0.1) is 0 Å². The Labute approximate surface area is 251 Å². The largest absolute Gasteiger partial charge is 0.365 e. The van der Waals surface area contributed by atoms with Crippen molar-refractivity contribution in [3.8, 4) is 0 Å². The first-order valence-electron chi connectivity index (χ1n) is 13.6. The lowest BCUT2D eigenvalue weighted by molar-refractivity contribution is -0.518. The average Bonchev–Trinajstić information content (AvgIpc) is 3.14. The second-order valence-electron chi connectivity index (χ2n) is 13.0. The standard InChI is InChI=1S/C16H25NO6.C13H19NO6/c1-10-11(2)14(20)17(13(10)19)8-12(18)21-23-22-16(6,7)9-15(3,4)5;1-8-9(2)12(17)14(11(8)16)7-6-10(15)18-20-19-13(3,4)5/h8-9H2,1-7H3;6-7H2,1-5H3. The van der Waals surface area contributed by atoms with E-state index in [4.69, 9.17) is 9.78 Å². The first kappa shape index (κ1) is 37.6. The molecule has 14 heteroatoms. The number of hydrogen-bond acceptors (Lipinski definition) is 12. The molecule has 0 N–H and O–H groups in total. The summed E-state index contributed by atoms with van der Waals surface area (Å²) in [6, 6.07) is 0. The normalized spacial score (nSPS) is 16.3. The van der Waals surface area contributed by atoms with Crippen LogP contribution in [0.1, 0.15) is 95.9 Å². The summed E-state index contributed by atoms with van der Waals surface area (Å²) in [7, 11) is 0. The Kier molecular flexibility index (Phi) is 12.9. The number of amides is 4. The SMILES string of the molecule is CC1=C(C)C(=O)N(CC(=O)OOOC(C)(C)CC(C)(C)C)C1=O.CC1=C(C)C(=O)N(CCC(=O)OOOC(C)(C)C)C1=O. The van der Waals surface area contributed by atoms with Crippen LogP contribution in [0.2, 0.25) is 0 Å². The number of carbonyl (C=O) groups is 6. The molecule has 2 aliphatic rings. The highest BCUT2D eigenvalue weighted by Crippen LogP contribution is 2.29. The molecule has 2 heterocycles. The molecule has 4 amide bonds. The van der Waals surface area contributed by atoms with Crippen LogP contribution in [-0.2, 0) is 58.4 Å². The van der Waals surface area contributed by atoms with Crippen LogP contribution in [0, 0.1) is 5.41 Å². The fraction of sp³-hybridized carbons (Fsp3) is 0.655. The molecule has 242 valence electrons. The minimum atomic E-state index is -0.888. The van der Waals surface area contributed by atoms with Gasteiger partial charge in [0.15, 0.2) is 0 Å². The molecule has 0 unspecified atom stereocenters. The molecule has 2 rings (SSSR count). The smallest absolute Gasteiger partial charge is 0.274 e. The van der Waals surface area contributed by atoms with E-state index in [1.54, 1.807) is 48.5 Å².